The van der Waals surface area contributed by atoms with Crippen LogP contribution in [0.3, 0.4) is 0 Å². The molecule has 0 bridgehead atoms. The summed E-state index contributed by atoms with van der Waals surface area (Å²) in [4.78, 5) is 46.3. The van der Waals surface area contributed by atoms with E-state index in [1.807, 2.05) is 24.3 Å². The Labute approximate surface area is 199 Å². The van der Waals surface area contributed by atoms with Crippen LogP contribution in [-0.2, 0) is 11.2 Å². The minimum absolute atomic E-state index is 0.00516. The SMILES string of the molecule is CC(=O)N1CCN(C(=O)Nc2ccn(-c3ccc(CCN4CCC(N)CC4)cc3)c(=O)n2)CC1. The van der Waals surface area contributed by atoms with Gasteiger partial charge in [0.2, 0.25) is 5.91 Å². The second-order valence-corrected chi connectivity index (χ2v) is 8.98. The summed E-state index contributed by atoms with van der Waals surface area (Å²) in [5.41, 5.74) is 7.45. The number of piperazine rings is 1. The van der Waals surface area contributed by atoms with E-state index in [1.54, 1.807) is 22.1 Å². The van der Waals surface area contributed by atoms with Crippen molar-refractivity contribution >= 4 is 17.8 Å². The van der Waals surface area contributed by atoms with Gasteiger partial charge in [0.1, 0.15) is 5.82 Å². The lowest BCUT2D eigenvalue weighted by Gasteiger charge is -2.34. The number of hydrogen-bond acceptors (Lipinski definition) is 6. The van der Waals surface area contributed by atoms with Crippen molar-refractivity contribution in [1.29, 1.82) is 0 Å². The lowest BCUT2D eigenvalue weighted by molar-refractivity contribution is -0.130. The number of likely N-dealkylation sites (tertiary alicyclic amines) is 1. The average molecular weight is 468 g/mol. The van der Waals surface area contributed by atoms with E-state index >= 15 is 0 Å². The van der Waals surface area contributed by atoms with Gasteiger partial charge in [-0.3, -0.25) is 14.7 Å². The highest BCUT2D eigenvalue weighted by Crippen LogP contribution is 2.13. The normalized spacial score (nSPS) is 17.6. The van der Waals surface area contributed by atoms with Gasteiger partial charge >= 0.3 is 11.7 Å². The summed E-state index contributed by atoms with van der Waals surface area (Å²) < 4.78 is 1.46. The number of hydrogen-bond donors (Lipinski definition) is 2. The third-order valence-corrected chi connectivity index (χ3v) is 6.61. The Morgan fingerprint density at radius 3 is 2.26 bits per heavy atom. The molecule has 0 spiro atoms. The lowest BCUT2D eigenvalue weighted by Crippen LogP contribution is -2.51. The van der Waals surface area contributed by atoms with E-state index in [9.17, 15) is 14.4 Å². The largest absolute Gasteiger partial charge is 0.354 e. The summed E-state index contributed by atoms with van der Waals surface area (Å²) in [5.74, 6) is 0.212. The number of benzene rings is 1. The molecule has 2 aromatic rings. The molecule has 2 aliphatic rings. The van der Waals surface area contributed by atoms with Crippen LogP contribution in [0, 0.1) is 0 Å². The van der Waals surface area contributed by atoms with Crippen molar-refractivity contribution in [1.82, 2.24) is 24.3 Å². The predicted octanol–water partition coefficient (Wildman–Crippen LogP) is 0.894. The molecular formula is C24H33N7O3. The van der Waals surface area contributed by atoms with Gasteiger partial charge in [0.15, 0.2) is 0 Å². The molecule has 2 saturated heterocycles. The Bertz CT molecular complexity index is 1050. The number of rotatable bonds is 5. The van der Waals surface area contributed by atoms with Crippen LogP contribution < -0.4 is 16.7 Å². The Morgan fingerprint density at radius 1 is 1.00 bits per heavy atom. The molecule has 0 saturated carbocycles. The smallest absolute Gasteiger partial charge is 0.339 e. The molecule has 0 atom stereocenters. The maximum atomic E-state index is 12.6. The molecule has 3 amide bonds. The van der Waals surface area contributed by atoms with Crippen LogP contribution in [0.1, 0.15) is 25.3 Å². The van der Waals surface area contributed by atoms with Gasteiger partial charge in [-0.1, -0.05) is 12.1 Å². The van der Waals surface area contributed by atoms with Crippen molar-refractivity contribution in [2.45, 2.75) is 32.2 Å². The van der Waals surface area contributed by atoms with Crippen molar-refractivity contribution in [3.05, 3.63) is 52.6 Å². The monoisotopic (exact) mass is 467 g/mol. The maximum absolute atomic E-state index is 12.6. The first-order valence-corrected chi connectivity index (χ1v) is 11.9. The third-order valence-electron chi connectivity index (χ3n) is 6.61. The van der Waals surface area contributed by atoms with Gasteiger partial charge in [-0.25, -0.2) is 9.59 Å². The fraction of sp³-hybridized carbons (Fsp3) is 0.500. The third kappa shape index (κ3) is 6.00. The van der Waals surface area contributed by atoms with Gasteiger partial charge in [-0.2, -0.15) is 4.98 Å². The van der Waals surface area contributed by atoms with E-state index in [-0.39, 0.29) is 17.8 Å². The second-order valence-electron chi connectivity index (χ2n) is 8.98. The van der Waals surface area contributed by atoms with Crippen LogP contribution in [0.2, 0.25) is 0 Å². The Morgan fingerprint density at radius 2 is 1.65 bits per heavy atom. The number of aromatic nitrogens is 2. The van der Waals surface area contributed by atoms with E-state index in [2.05, 4.69) is 15.2 Å². The second kappa shape index (κ2) is 10.8. The van der Waals surface area contributed by atoms with E-state index in [4.69, 9.17) is 5.73 Å². The van der Waals surface area contributed by atoms with Crippen LogP contribution >= 0.6 is 0 Å². The van der Waals surface area contributed by atoms with E-state index in [1.165, 1.54) is 17.1 Å². The quantitative estimate of drug-likeness (QED) is 0.675. The predicted molar refractivity (Wildman–Crippen MR) is 130 cm³/mol. The first-order valence-electron chi connectivity index (χ1n) is 11.9. The highest BCUT2D eigenvalue weighted by Gasteiger charge is 2.22. The summed E-state index contributed by atoms with van der Waals surface area (Å²) in [7, 11) is 0. The maximum Gasteiger partial charge on any atom is 0.354 e. The molecule has 0 radical (unpaired) electrons. The average Bonchev–Trinajstić information content (AvgIpc) is 2.84. The van der Waals surface area contributed by atoms with Crippen molar-refractivity contribution in [2.24, 2.45) is 5.73 Å². The highest BCUT2D eigenvalue weighted by molar-refractivity contribution is 5.88. The molecule has 3 N–H and O–H groups in total. The number of piperidine rings is 1. The fourth-order valence-electron chi connectivity index (χ4n) is 4.37. The summed E-state index contributed by atoms with van der Waals surface area (Å²) in [5, 5.41) is 2.68. The first kappa shape index (κ1) is 23.9. The Kier molecular flexibility index (Phi) is 7.59. The number of nitrogens with one attached hydrogen (secondary N) is 1. The molecule has 0 aliphatic carbocycles. The molecule has 1 aromatic carbocycles. The topological polar surface area (TPSA) is 117 Å². The van der Waals surface area contributed by atoms with Crippen LogP contribution in [0.4, 0.5) is 10.6 Å². The van der Waals surface area contributed by atoms with Crippen molar-refractivity contribution in [3.63, 3.8) is 0 Å². The molecule has 0 unspecified atom stereocenters. The number of carbonyl (C=O) groups excluding carboxylic acids is 2. The number of nitrogens with two attached hydrogens (primary N) is 1. The van der Waals surface area contributed by atoms with Crippen molar-refractivity contribution in [3.8, 4) is 5.69 Å². The standard InChI is InChI=1S/C24H33N7O3/c1-18(32)29-14-16-30(17-15-29)23(33)26-22-9-13-31(24(34)27-22)21-4-2-19(3-5-21)6-10-28-11-7-20(25)8-12-28/h2-5,9,13,20H,6-8,10-12,14-17,25H2,1H3,(H,26,27,33,34). The number of urea groups is 1. The minimum atomic E-state index is -0.461. The molecule has 182 valence electrons. The van der Waals surface area contributed by atoms with Crippen LogP contribution in [-0.4, -0.2) is 88.0 Å². The van der Waals surface area contributed by atoms with Crippen molar-refractivity contribution < 1.29 is 9.59 Å². The van der Waals surface area contributed by atoms with E-state index in [0.717, 1.165) is 44.6 Å². The van der Waals surface area contributed by atoms with Gasteiger partial charge < -0.3 is 20.4 Å². The summed E-state index contributed by atoms with van der Waals surface area (Å²) >= 11 is 0. The summed E-state index contributed by atoms with van der Waals surface area (Å²) in [6.45, 7) is 6.52. The fourth-order valence-corrected chi connectivity index (χ4v) is 4.37. The van der Waals surface area contributed by atoms with Gasteiger partial charge in [-0.05, 0) is 56.1 Å². The van der Waals surface area contributed by atoms with E-state index < -0.39 is 5.69 Å². The number of carbonyl (C=O) groups is 2. The molecule has 34 heavy (non-hydrogen) atoms. The van der Waals surface area contributed by atoms with Gasteiger partial charge in [-0.15, -0.1) is 0 Å². The molecule has 2 aliphatic heterocycles. The summed E-state index contributed by atoms with van der Waals surface area (Å²) in [6, 6.07) is 9.52. The van der Waals surface area contributed by atoms with E-state index in [0.29, 0.717) is 32.2 Å². The van der Waals surface area contributed by atoms with Gasteiger partial charge in [0.25, 0.3) is 0 Å². The number of anilines is 1. The molecule has 1 aromatic heterocycles. The zero-order chi connectivity index (χ0) is 24.1. The molecule has 3 heterocycles. The number of nitrogens with zero attached hydrogens (tertiary/aromatic N) is 5. The zero-order valence-electron chi connectivity index (χ0n) is 19.7. The van der Waals surface area contributed by atoms with Crippen LogP contribution in [0.5, 0.6) is 0 Å². The summed E-state index contributed by atoms with van der Waals surface area (Å²) in [6.07, 6.45) is 4.68. The highest BCUT2D eigenvalue weighted by atomic mass is 16.2. The molecule has 2 fully saturated rings. The zero-order valence-corrected chi connectivity index (χ0v) is 19.7. The van der Waals surface area contributed by atoms with Crippen molar-refractivity contribution in [2.75, 3.05) is 51.1 Å². The molecule has 10 nitrogen and oxygen atoms in total. The number of amides is 3. The Balaban J connectivity index is 1.31. The van der Waals surface area contributed by atoms with Crippen LogP contribution in [0.15, 0.2) is 41.3 Å². The Hall–Kier alpha value is -3.24. The van der Waals surface area contributed by atoms with Gasteiger partial charge in [0.05, 0.1) is 5.69 Å². The molecule has 10 heteroatoms. The molecule has 4 rings (SSSR count). The molecular weight excluding hydrogens is 434 g/mol. The lowest BCUT2D eigenvalue weighted by atomic mass is 10.1. The van der Waals surface area contributed by atoms with Gasteiger partial charge in [0, 0.05) is 51.9 Å². The van der Waals surface area contributed by atoms with Crippen LogP contribution in [0.25, 0.3) is 5.69 Å². The first-order chi connectivity index (χ1) is 16.4. The minimum Gasteiger partial charge on any atom is -0.339 e.